The molecule has 0 bridgehead atoms. The highest BCUT2D eigenvalue weighted by Gasteiger charge is 1.93. The van der Waals surface area contributed by atoms with Crippen molar-refractivity contribution in [2.24, 2.45) is 0 Å². The zero-order valence-electron chi connectivity index (χ0n) is 12.9. The van der Waals surface area contributed by atoms with Crippen LogP contribution in [0.2, 0.25) is 0 Å². The molecule has 21 heavy (non-hydrogen) atoms. The molecule has 0 amide bonds. The molecule has 0 aliphatic heterocycles. The molecule has 0 saturated heterocycles. The second kappa shape index (κ2) is 11.4. The van der Waals surface area contributed by atoms with E-state index in [1.54, 1.807) is 11.0 Å². The Labute approximate surface area is 128 Å². The van der Waals surface area contributed by atoms with Gasteiger partial charge in [-0.1, -0.05) is 42.5 Å². The molecular formula is C15H25NO4S. The molecule has 0 unspecified atom stereocenters. The van der Waals surface area contributed by atoms with Crippen molar-refractivity contribution >= 4 is 16.5 Å². The van der Waals surface area contributed by atoms with Crippen LogP contribution in [0.1, 0.15) is 26.3 Å². The molecular weight excluding hydrogens is 290 g/mol. The van der Waals surface area contributed by atoms with Crippen molar-refractivity contribution < 1.29 is 22.1 Å². The second-order valence-electron chi connectivity index (χ2n) is 4.32. The summed E-state index contributed by atoms with van der Waals surface area (Å²) < 4.78 is 34.1. The van der Waals surface area contributed by atoms with Crippen molar-refractivity contribution in [1.82, 2.24) is 0 Å². The topological polar surface area (TPSA) is 70.9 Å². The minimum atomic E-state index is -4.58. The van der Waals surface area contributed by atoms with E-state index >= 15 is 0 Å². The van der Waals surface area contributed by atoms with Crippen molar-refractivity contribution in [1.29, 1.82) is 0 Å². The van der Waals surface area contributed by atoms with Crippen LogP contribution in [0.15, 0.2) is 36.4 Å². The summed E-state index contributed by atoms with van der Waals surface area (Å²) >= 11 is 0. The molecule has 0 saturated carbocycles. The largest absolute Gasteiger partial charge is 0.726 e. The van der Waals surface area contributed by atoms with Crippen LogP contribution in [0.3, 0.4) is 0 Å². The van der Waals surface area contributed by atoms with E-state index in [2.05, 4.69) is 25.0 Å². The van der Waals surface area contributed by atoms with Gasteiger partial charge in [-0.15, -0.1) is 0 Å². The van der Waals surface area contributed by atoms with Gasteiger partial charge in [0.05, 0.1) is 26.2 Å². The summed E-state index contributed by atoms with van der Waals surface area (Å²) in [4.78, 5) is 1.68. The normalized spacial score (nSPS) is 11.5. The monoisotopic (exact) mass is 315 g/mol. The summed E-state index contributed by atoms with van der Waals surface area (Å²) in [6.45, 7) is 10.3. The Morgan fingerprint density at radius 3 is 2.00 bits per heavy atom. The van der Waals surface area contributed by atoms with Crippen LogP contribution in [0.4, 0.5) is 0 Å². The molecule has 0 aliphatic carbocycles. The van der Waals surface area contributed by atoms with Gasteiger partial charge in [-0.25, -0.2) is 8.42 Å². The molecule has 1 rings (SSSR count). The maximum atomic E-state index is 10.0. The molecule has 0 radical (unpaired) electrons. The third-order valence-electron chi connectivity index (χ3n) is 2.92. The molecule has 1 N–H and O–H groups in total. The number of benzene rings is 1. The Kier molecular flexibility index (Phi) is 10.8. The molecule has 0 spiro atoms. The van der Waals surface area contributed by atoms with E-state index in [-0.39, 0.29) is 6.61 Å². The summed E-state index contributed by atoms with van der Waals surface area (Å²) in [6, 6.07) is 9.27. The average molecular weight is 315 g/mol. The predicted octanol–water partition coefficient (Wildman–Crippen LogP) is 1.11. The van der Waals surface area contributed by atoms with Gasteiger partial charge in [0, 0.05) is 0 Å². The number of hydrogen-bond donors (Lipinski definition) is 1. The first kappa shape index (κ1) is 19.8. The van der Waals surface area contributed by atoms with Crippen molar-refractivity contribution in [3.63, 3.8) is 0 Å². The molecule has 6 heteroatoms. The third kappa shape index (κ3) is 12.3. The van der Waals surface area contributed by atoms with Crippen LogP contribution in [-0.2, 0) is 14.6 Å². The van der Waals surface area contributed by atoms with Crippen molar-refractivity contribution in [3.05, 3.63) is 42.0 Å². The van der Waals surface area contributed by atoms with Crippen LogP contribution in [0.25, 0.3) is 6.08 Å². The molecule has 1 aromatic rings. The predicted molar refractivity (Wildman–Crippen MR) is 83.7 cm³/mol. The molecule has 0 atom stereocenters. The lowest BCUT2D eigenvalue weighted by Crippen LogP contribution is -3.11. The van der Waals surface area contributed by atoms with Crippen LogP contribution in [0, 0.1) is 0 Å². The van der Waals surface area contributed by atoms with E-state index in [0.29, 0.717) is 0 Å². The van der Waals surface area contributed by atoms with Gasteiger partial charge in [0.15, 0.2) is 0 Å². The number of nitrogens with one attached hydrogen (secondary N) is 1. The van der Waals surface area contributed by atoms with Gasteiger partial charge in [-0.2, -0.15) is 0 Å². The lowest BCUT2D eigenvalue weighted by Gasteiger charge is -2.10. The number of quaternary nitrogens is 1. The van der Waals surface area contributed by atoms with Crippen LogP contribution < -0.4 is 4.90 Å². The van der Waals surface area contributed by atoms with E-state index in [1.807, 2.05) is 30.3 Å². The van der Waals surface area contributed by atoms with Gasteiger partial charge in [0.2, 0.25) is 10.4 Å². The van der Waals surface area contributed by atoms with Gasteiger partial charge in [-0.3, -0.25) is 4.18 Å². The van der Waals surface area contributed by atoms with Crippen LogP contribution >= 0.6 is 0 Å². The second-order valence-corrected chi connectivity index (χ2v) is 5.37. The fraction of sp³-hybridized carbons (Fsp3) is 0.467. The Balaban J connectivity index is 0.000000486. The summed E-state index contributed by atoms with van der Waals surface area (Å²) in [5.74, 6) is 0. The number of hydrogen-bond acceptors (Lipinski definition) is 4. The Bertz CT molecular complexity index is 476. The average Bonchev–Trinajstić information content (AvgIpc) is 2.46. The fourth-order valence-electron chi connectivity index (χ4n) is 1.62. The minimum absolute atomic E-state index is 0.235. The van der Waals surface area contributed by atoms with E-state index in [0.717, 1.165) is 5.56 Å². The van der Waals surface area contributed by atoms with Crippen molar-refractivity contribution in [2.75, 3.05) is 26.2 Å². The Hall–Kier alpha value is -1.21. The van der Waals surface area contributed by atoms with Crippen molar-refractivity contribution in [2.45, 2.75) is 20.8 Å². The first-order valence-electron chi connectivity index (χ1n) is 7.08. The molecule has 0 fully saturated rings. The molecule has 0 aromatic heterocycles. The highest BCUT2D eigenvalue weighted by Crippen LogP contribution is 2.00. The quantitative estimate of drug-likeness (QED) is 0.604. The van der Waals surface area contributed by atoms with E-state index in [1.165, 1.54) is 25.7 Å². The van der Waals surface area contributed by atoms with E-state index in [9.17, 15) is 13.0 Å². The molecule has 0 heterocycles. The Morgan fingerprint density at radius 2 is 1.62 bits per heavy atom. The highest BCUT2D eigenvalue weighted by atomic mass is 32.3. The summed E-state index contributed by atoms with van der Waals surface area (Å²) in [7, 11) is -4.58. The fourth-order valence-corrected chi connectivity index (χ4v) is 1.87. The van der Waals surface area contributed by atoms with Gasteiger partial charge in [0.1, 0.15) is 0 Å². The van der Waals surface area contributed by atoms with Crippen LogP contribution in [-0.4, -0.2) is 39.2 Å². The first-order chi connectivity index (χ1) is 9.92. The smallest absolute Gasteiger partial charge is 0.217 e. The van der Waals surface area contributed by atoms with Gasteiger partial charge in [-0.05, 0) is 26.3 Å². The maximum absolute atomic E-state index is 10.0. The standard InChI is InChI=1S/C9H10O4S.C6H15N/c10-14(11,12)13-8-4-7-9-5-2-1-3-6-9;1-4-7(5-2)6-3/h1-7H,8H2,(H,10,11,12);4-6H2,1-3H3. The molecule has 0 aliphatic rings. The lowest BCUT2D eigenvalue weighted by atomic mass is 10.2. The lowest BCUT2D eigenvalue weighted by molar-refractivity contribution is -0.894. The zero-order chi connectivity index (χ0) is 16.1. The molecule has 120 valence electrons. The minimum Gasteiger partial charge on any atom is -0.726 e. The van der Waals surface area contributed by atoms with Crippen molar-refractivity contribution in [3.8, 4) is 0 Å². The van der Waals surface area contributed by atoms with Gasteiger partial charge >= 0.3 is 0 Å². The Morgan fingerprint density at radius 1 is 1.10 bits per heavy atom. The van der Waals surface area contributed by atoms with E-state index < -0.39 is 10.4 Å². The first-order valence-corrected chi connectivity index (χ1v) is 8.41. The molecule has 1 aromatic carbocycles. The maximum Gasteiger partial charge on any atom is 0.217 e. The summed E-state index contributed by atoms with van der Waals surface area (Å²) in [5, 5.41) is 0. The van der Waals surface area contributed by atoms with Crippen LogP contribution in [0.5, 0.6) is 0 Å². The van der Waals surface area contributed by atoms with Gasteiger partial charge in [0.25, 0.3) is 0 Å². The van der Waals surface area contributed by atoms with Gasteiger partial charge < -0.3 is 9.45 Å². The molecule has 5 nitrogen and oxygen atoms in total. The SMILES string of the molecule is CC[NH+](CC)CC.O=S(=O)([O-])OCC=Cc1ccccc1. The zero-order valence-corrected chi connectivity index (χ0v) is 13.7. The number of rotatable bonds is 7. The summed E-state index contributed by atoms with van der Waals surface area (Å²) in [5.41, 5.74) is 0.916. The third-order valence-corrected chi connectivity index (χ3v) is 3.34. The summed E-state index contributed by atoms with van der Waals surface area (Å²) in [6.07, 6.45) is 3.13. The highest BCUT2D eigenvalue weighted by molar-refractivity contribution is 7.80. The van der Waals surface area contributed by atoms with E-state index in [4.69, 9.17) is 0 Å².